The lowest BCUT2D eigenvalue weighted by molar-refractivity contribution is -0.143. The molecule has 2 N–H and O–H groups in total. The van der Waals surface area contributed by atoms with Crippen LogP contribution in [0.4, 0.5) is 19.7 Å². The highest BCUT2D eigenvalue weighted by Gasteiger charge is 2.58. The van der Waals surface area contributed by atoms with Crippen molar-refractivity contribution in [2.75, 3.05) is 18.9 Å². The van der Waals surface area contributed by atoms with E-state index in [2.05, 4.69) is 15.6 Å². The van der Waals surface area contributed by atoms with Crippen molar-refractivity contribution in [1.29, 1.82) is 0 Å². The number of urea groups is 1. The molecule has 1 aromatic carbocycles. The maximum absolute atomic E-state index is 13.5. The number of imide groups is 1. The lowest BCUT2D eigenvalue weighted by Gasteiger charge is -2.30. The number of nitrogens with one attached hydrogen (secondary N) is 2. The number of benzene rings is 1. The molecule has 2 fully saturated rings. The minimum atomic E-state index is -1.48. The maximum atomic E-state index is 13.5. The predicted molar refractivity (Wildman–Crippen MR) is 125 cm³/mol. The highest BCUT2D eigenvalue weighted by Crippen LogP contribution is 2.46. The van der Waals surface area contributed by atoms with E-state index in [0.29, 0.717) is 29.7 Å². The molecule has 5 amide bonds. The Bertz CT molecular complexity index is 1250. The van der Waals surface area contributed by atoms with E-state index in [0.717, 1.165) is 16.9 Å². The van der Waals surface area contributed by atoms with Gasteiger partial charge >= 0.3 is 12.1 Å². The van der Waals surface area contributed by atoms with E-state index in [4.69, 9.17) is 4.74 Å². The molecule has 11 heteroatoms. The normalized spacial score (nSPS) is 24.8. The number of fused-ring (bicyclic) bond motifs is 2. The molecule has 3 atom stereocenters. The van der Waals surface area contributed by atoms with E-state index in [-0.39, 0.29) is 30.4 Å². The van der Waals surface area contributed by atoms with Gasteiger partial charge in [0.25, 0.3) is 5.91 Å². The molecule has 2 aliphatic heterocycles. The maximum Gasteiger partial charge on any atom is 0.418 e. The monoisotopic (exact) mass is 495 g/mol. The molecule has 1 unspecified atom stereocenters. The van der Waals surface area contributed by atoms with Gasteiger partial charge in [0.1, 0.15) is 6.54 Å². The molecule has 3 aliphatic rings. The first-order valence-corrected chi connectivity index (χ1v) is 11.8. The van der Waals surface area contributed by atoms with E-state index in [1.54, 1.807) is 29.2 Å². The smallest absolute Gasteiger partial charge is 0.418 e. The number of nitrogens with zero attached hydrogens (tertiary/aromatic N) is 3. The molecule has 2 aromatic rings. The van der Waals surface area contributed by atoms with Crippen molar-refractivity contribution in [3.8, 4) is 0 Å². The minimum absolute atomic E-state index is 0.117. The number of amides is 5. The third kappa shape index (κ3) is 3.84. The molecule has 10 nitrogen and oxygen atoms in total. The van der Waals surface area contributed by atoms with Crippen LogP contribution in [0.2, 0.25) is 0 Å². The number of halogens is 1. The second-order valence-corrected chi connectivity index (χ2v) is 9.32. The van der Waals surface area contributed by atoms with Crippen molar-refractivity contribution >= 4 is 29.6 Å². The summed E-state index contributed by atoms with van der Waals surface area (Å²) in [6, 6.07) is 7.10. The fourth-order valence-electron chi connectivity index (χ4n) is 5.46. The van der Waals surface area contributed by atoms with Crippen LogP contribution in [0.15, 0.2) is 36.5 Å². The Labute approximate surface area is 206 Å². The largest absolute Gasteiger partial charge is 0.427 e. The second-order valence-electron chi connectivity index (χ2n) is 9.32. The summed E-state index contributed by atoms with van der Waals surface area (Å²) in [5.74, 6) is -1.56. The van der Waals surface area contributed by atoms with Gasteiger partial charge in [-0.2, -0.15) is 4.39 Å². The molecule has 36 heavy (non-hydrogen) atoms. The van der Waals surface area contributed by atoms with Gasteiger partial charge in [-0.1, -0.05) is 12.1 Å². The number of pyridine rings is 1. The summed E-state index contributed by atoms with van der Waals surface area (Å²) >= 11 is 0. The number of ether oxygens (including phenoxy) is 1. The highest BCUT2D eigenvalue weighted by atomic mass is 19.1. The van der Waals surface area contributed by atoms with Crippen LogP contribution in [0, 0.1) is 5.95 Å². The van der Waals surface area contributed by atoms with Crippen molar-refractivity contribution < 1.29 is 28.3 Å². The summed E-state index contributed by atoms with van der Waals surface area (Å²) in [6.45, 7) is 1.46. The summed E-state index contributed by atoms with van der Waals surface area (Å²) in [5, 5.41) is 5.16. The minimum Gasteiger partial charge on any atom is -0.427 e. The Hall–Kier alpha value is -4.02. The number of rotatable bonds is 4. The van der Waals surface area contributed by atoms with Gasteiger partial charge in [0.15, 0.2) is 0 Å². The van der Waals surface area contributed by atoms with E-state index < -0.39 is 30.1 Å². The number of hydrogen-bond acceptors (Lipinski definition) is 6. The molecule has 0 saturated carbocycles. The summed E-state index contributed by atoms with van der Waals surface area (Å²) in [4.78, 5) is 57.5. The van der Waals surface area contributed by atoms with E-state index in [9.17, 15) is 23.6 Å². The molecule has 0 radical (unpaired) electrons. The van der Waals surface area contributed by atoms with E-state index in [1.165, 1.54) is 19.3 Å². The number of carbonyl (C=O) groups is 4. The van der Waals surface area contributed by atoms with Crippen LogP contribution in [0.5, 0.6) is 0 Å². The summed E-state index contributed by atoms with van der Waals surface area (Å²) in [6.07, 6.45) is 2.68. The molecule has 3 heterocycles. The fraction of sp³-hybridized carbons (Fsp3) is 0.400. The van der Waals surface area contributed by atoms with Gasteiger partial charge < -0.3 is 20.3 Å². The van der Waals surface area contributed by atoms with Gasteiger partial charge in [0, 0.05) is 37.0 Å². The molecular weight excluding hydrogens is 469 g/mol. The van der Waals surface area contributed by atoms with E-state index >= 15 is 0 Å². The molecular formula is C25H26FN5O5. The zero-order valence-electron chi connectivity index (χ0n) is 19.9. The Morgan fingerprint density at radius 1 is 1.22 bits per heavy atom. The highest BCUT2D eigenvalue weighted by molar-refractivity contribution is 6.06. The van der Waals surface area contributed by atoms with Gasteiger partial charge in [-0.3, -0.25) is 9.59 Å². The lowest BCUT2D eigenvalue weighted by Crippen LogP contribution is -2.46. The first kappa shape index (κ1) is 23.7. The zero-order valence-corrected chi connectivity index (χ0v) is 19.9. The number of anilines is 1. The van der Waals surface area contributed by atoms with Crippen molar-refractivity contribution in [3.63, 3.8) is 0 Å². The average Bonchev–Trinajstić information content (AvgIpc) is 3.49. The molecule has 1 spiro atoms. The second kappa shape index (κ2) is 8.89. The van der Waals surface area contributed by atoms with Crippen LogP contribution in [0.3, 0.4) is 0 Å². The van der Waals surface area contributed by atoms with Gasteiger partial charge in [0.05, 0.1) is 6.04 Å². The van der Waals surface area contributed by atoms with Crippen molar-refractivity contribution in [2.24, 2.45) is 0 Å². The third-order valence-corrected chi connectivity index (χ3v) is 7.23. The number of hydrogen-bond donors (Lipinski definition) is 2. The topological polar surface area (TPSA) is 121 Å². The molecule has 188 valence electrons. The van der Waals surface area contributed by atoms with Crippen LogP contribution in [-0.2, 0) is 26.3 Å². The van der Waals surface area contributed by atoms with Gasteiger partial charge in [-0.05, 0) is 55.5 Å². The Balaban J connectivity index is 1.35. The summed E-state index contributed by atoms with van der Waals surface area (Å²) < 4.78 is 18.9. The summed E-state index contributed by atoms with van der Waals surface area (Å²) in [5.41, 5.74) is 1.12. The Morgan fingerprint density at radius 3 is 2.75 bits per heavy atom. The van der Waals surface area contributed by atoms with Gasteiger partial charge in [-0.15, -0.1) is 0 Å². The van der Waals surface area contributed by atoms with Crippen LogP contribution in [0.1, 0.15) is 48.9 Å². The van der Waals surface area contributed by atoms with Crippen molar-refractivity contribution in [2.45, 2.75) is 50.3 Å². The number of aryl methyl sites for hydroxylation is 1. The molecule has 1 aliphatic carbocycles. The SMILES string of the molecule is CNC(=O)Nc1ccc2c(c1)CCC21OC(=O)N(CC(=O)N2[C@@H](c3ccc(F)nc3)CC[C@@H]2C)C1=O. The van der Waals surface area contributed by atoms with Gasteiger partial charge in [0.2, 0.25) is 17.5 Å². The van der Waals surface area contributed by atoms with Crippen LogP contribution >= 0.6 is 0 Å². The zero-order chi connectivity index (χ0) is 25.6. The van der Waals surface area contributed by atoms with Crippen molar-refractivity contribution in [1.82, 2.24) is 20.1 Å². The van der Waals surface area contributed by atoms with Gasteiger partial charge in [-0.25, -0.2) is 19.5 Å². The van der Waals surface area contributed by atoms with Crippen LogP contribution in [-0.4, -0.2) is 58.4 Å². The Kier molecular flexibility index (Phi) is 5.85. The number of likely N-dealkylation sites (tertiary alicyclic amines) is 1. The average molecular weight is 496 g/mol. The van der Waals surface area contributed by atoms with Crippen molar-refractivity contribution in [3.05, 3.63) is 59.2 Å². The fourth-order valence-corrected chi connectivity index (χ4v) is 5.46. The predicted octanol–water partition coefficient (Wildman–Crippen LogP) is 2.84. The molecule has 2 saturated heterocycles. The number of carbonyl (C=O) groups excluding carboxylic acids is 4. The molecule has 1 aromatic heterocycles. The molecule has 0 bridgehead atoms. The van der Waals surface area contributed by atoms with Crippen LogP contribution in [0.25, 0.3) is 0 Å². The first-order valence-electron chi connectivity index (χ1n) is 11.8. The standard InChI is InChI=1S/C25H26FN5O5/c1-14-3-7-19(16-4-8-20(26)28-12-16)31(14)21(32)13-30-22(33)25(36-24(30)35)10-9-15-11-17(5-6-18(15)25)29-23(34)27-2/h4-6,8,11-12,14,19H,3,7,9-10,13H2,1-2H3,(H2,27,29,34)/t14-,19+,25?/m0/s1. The third-order valence-electron chi connectivity index (χ3n) is 7.23. The summed E-state index contributed by atoms with van der Waals surface area (Å²) in [7, 11) is 1.51. The quantitative estimate of drug-likeness (QED) is 0.630. The lowest BCUT2D eigenvalue weighted by atomic mass is 9.94. The Morgan fingerprint density at radius 2 is 2.03 bits per heavy atom. The molecule has 5 rings (SSSR count). The number of aromatic nitrogens is 1. The van der Waals surface area contributed by atoms with E-state index in [1.807, 2.05) is 6.92 Å². The van der Waals surface area contributed by atoms with Crippen LogP contribution < -0.4 is 10.6 Å². The first-order chi connectivity index (χ1) is 17.2.